The van der Waals surface area contributed by atoms with Crippen LogP contribution in [0.3, 0.4) is 0 Å². The molecule has 0 saturated carbocycles. The van der Waals surface area contributed by atoms with Crippen LogP contribution in [0.15, 0.2) is 12.1 Å². The fourth-order valence-corrected chi connectivity index (χ4v) is 1.26. The number of hydrogen-bond donors (Lipinski definition) is 0. The second kappa shape index (κ2) is 5.34. The number of rotatable bonds is 3. The smallest absolute Gasteiger partial charge is 0.338 e. The Balaban J connectivity index is 3.28. The lowest BCUT2D eigenvalue weighted by Crippen LogP contribution is -2.07. The van der Waals surface area contributed by atoms with E-state index in [9.17, 15) is 18.0 Å². The molecule has 6 heteroatoms. The van der Waals surface area contributed by atoms with Crippen LogP contribution in [-0.2, 0) is 4.74 Å². The Kier molecular flexibility index (Phi) is 4.10. The Labute approximate surface area is 95.4 Å². The van der Waals surface area contributed by atoms with E-state index < -0.39 is 29.3 Å². The minimum absolute atomic E-state index is 0.0684. The Bertz CT molecular complexity index is 480. The molecule has 90 valence electrons. The molecule has 3 nitrogen and oxygen atoms in total. The van der Waals surface area contributed by atoms with Crippen molar-refractivity contribution in [1.82, 2.24) is 0 Å². The molecule has 0 saturated heterocycles. The molecule has 0 aliphatic carbocycles. The predicted octanol–water partition coefficient (Wildman–Crippen LogP) is 2.81. The van der Waals surface area contributed by atoms with E-state index in [4.69, 9.17) is 5.26 Å². The molecule has 17 heavy (non-hydrogen) atoms. The monoisotopic (exact) mass is 243 g/mol. The first kappa shape index (κ1) is 13.0. The van der Waals surface area contributed by atoms with Crippen LogP contribution in [0.25, 0.3) is 0 Å². The fraction of sp³-hybridized carbons (Fsp3) is 0.273. The van der Waals surface area contributed by atoms with Crippen molar-refractivity contribution in [2.45, 2.75) is 13.3 Å². The number of carbonyl (C=O) groups is 1. The maximum absolute atomic E-state index is 13.3. The van der Waals surface area contributed by atoms with Crippen LogP contribution in [0.4, 0.5) is 13.2 Å². The first-order chi connectivity index (χ1) is 8.01. The second-order valence-corrected chi connectivity index (χ2v) is 3.05. The highest BCUT2D eigenvalue weighted by Gasteiger charge is 2.21. The van der Waals surface area contributed by atoms with Gasteiger partial charge in [0.05, 0.1) is 29.4 Å². The van der Waals surface area contributed by atoms with Crippen molar-refractivity contribution in [3.63, 3.8) is 0 Å². The molecule has 1 aromatic carbocycles. The van der Waals surface area contributed by atoms with E-state index in [1.165, 1.54) is 6.07 Å². The Morgan fingerprint density at radius 1 is 1.53 bits per heavy atom. The molecular formula is C11H8F3NO2. The molecule has 1 aromatic rings. The third-order valence-corrected chi connectivity index (χ3v) is 1.98. The minimum Gasteiger partial charge on any atom is -0.462 e. The van der Waals surface area contributed by atoms with Gasteiger partial charge in [0.25, 0.3) is 6.43 Å². The van der Waals surface area contributed by atoms with Crippen LogP contribution in [-0.4, -0.2) is 12.6 Å². The van der Waals surface area contributed by atoms with Gasteiger partial charge in [-0.1, -0.05) is 0 Å². The van der Waals surface area contributed by atoms with Crippen molar-refractivity contribution in [1.29, 1.82) is 5.26 Å². The summed E-state index contributed by atoms with van der Waals surface area (Å²) in [4.78, 5) is 11.3. The van der Waals surface area contributed by atoms with Crippen molar-refractivity contribution >= 4 is 5.97 Å². The van der Waals surface area contributed by atoms with Crippen LogP contribution in [0, 0.1) is 17.1 Å². The molecule has 0 aliphatic heterocycles. The lowest BCUT2D eigenvalue weighted by atomic mass is 10.0. The van der Waals surface area contributed by atoms with Gasteiger partial charge in [0.2, 0.25) is 0 Å². The van der Waals surface area contributed by atoms with Gasteiger partial charge in [-0.15, -0.1) is 0 Å². The highest BCUT2D eigenvalue weighted by Crippen LogP contribution is 2.27. The van der Waals surface area contributed by atoms with E-state index in [-0.39, 0.29) is 12.2 Å². The van der Waals surface area contributed by atoms with Gasteiger partial charge in [0.1, 0.15) is 5.82 Å². The van der Waals surface area contributed by atoms with Gasteiger partial charge in [-0.2, -0.15) is 5.26 Å². The van der Waals surface area contributed by atoms with Gasteiger partial charge < -0.3 is 4.74 Å². The zero-order valence-corrected chi connectivity index (χ0v) is 8.84. The number of halogens is 3. The number of benzene rings is 1. The Morgan fingerprint density at radius 2 is 2.18 bits per heavy atom. The lowest BCUT2D eigenvalue weighted by molar-refractivity contribution is 0.0525. The van der Waals surface area contributed by atoms with Crippen LogP contribution in [0.5, 0.6) is 0 Å². The van der Waals surface area contributed by atoms with Gasteiger partial charge in [0, 0.05) is 0 Å². The molecule has 0 spiro atoms. The maximum atomic E-state index is 13.3. The van der Waals surface area contributed by atoms with Gasteiger partial charge in [-0.25, -0.2) is 18.0 Å². The zero-order chi connectivity index (χ0) is 13.0. The van der Waals surface area contributed by atoms with Gasteiger partial charge in [-0.05, 0) is 19.1 Å². The van der Waals surface area contributed by atoms with Gasteiger partial charge in [-0.3, -0.25) is 0 Å². The van der Waals surface area contributed by atoms with Crippen LogP contribution < -0.4 is 0 Å². The number of carbonyl (C=O) groups excluding carboxylic acids is 1. The number of nitrogens with zero attached hydrogens (tertiary/aromatic N) is 1. The summed E-state index contributed by atoms with van der Waals surface area (Å²) >= 11 is 0. The molecule has 0 aromatic heterocycles. The first-order valence-corrected chi connectivity index (χ1v) is 4.70. The van der Waals surface area contributed by atoms with Gasteiger partial charge in [0.15, 0.2) is 0 Å². The molecule has 0 N–H and O–H groups in total. The molecule has 0 bridgehead atoms. The summed E-state index contributed by atoms with van der Waals surface area (Å²) in [7, 11) is 0. The number of hydrogen-bond acceptors (Lipinski definition) is 3. The molecule has 0 amide bonds. The predicted molar refractivity (Wildman–Crippen MR) is 52.0 cm³/mol. The molecule has 0 aliphatic rings. The summed E-state index contributed by atoms with van der Waals surface area (Å²) in [6.07, 6.45) is -3.11. The molecule has 0 unspecified atom stereocenters. The van der Waals surface area contributed by atoms with Crippen molar-refractivity contribution < 1.29 is 22.7 Å². The summed E-state index contributed by atoms with van der Waals surface area (Å²) in [5.74, 6) is -2.15. The summed E-state index contributed by atoms with van der Waals surface area (Å²) in [6.45, 7) is 1.62. The van der Waals surface area contributed by atoms with E-state index in [2.05, 4.69) is 4.74 Å². The summed E-state index contributed by atoms with van der Waals surface area (Å²) in [5, 5.41) is 8.63. The van der Waals surface area contributed by atoms with E-state index in [1.807, 2.05) is 0 Å². The quantitative estimate of drug-likeness (QED) is 0.767. The van der Waals surface area contributed by atoms with Gasteiger partial charge >= 0.3 is 5.97 Å². The second-order valence-electron chi connectivity index (χ2n) is 3.05. The average molecular weight is 243 g/mol. The summed E-state index contributed by atoms with van der Waals surface area (Å²) in [6, 6.07) is 2.96. The number of alkyl halides is 2. The third kappa shape index (κ3) is 2.75. The highest BCUT2D eigenvalue weighted by molar-refractivity contribution is 5.90. The summed E-state index contributed by atoms with van der Waals surface area (Å²) < 4.78 is 42.8. The minimum atomic E-state index is -3.11. The van der Waals surface area contributed by atoms with Crippen molar-refractivity contribution in [3.8, 4) is 6.07 Å². The Hall–Kier alpha value is -2.03. The molecular weight excluding hydrogens is 235 g/mol. The molecule has 1 rings (SSSR count). The van der Waals surface area contributed by atoms with Crippen LogP contribution >= 0.6 is 0 Å². The maximum Gasteiger partial charge on any atom is 0.338 e. The molecule has 0 heterocycles. The normalized spacial score (nSPS) is 10.1. The SMILES string of the molecule is CCOC(=O)c1cc(F)c(C(F)F)c(C#N)c1. The zero-order valence-electron chi connectivity index (χ0n) is 8.84. The first-order valence-electron chi connectivity index (χ1n) is 4.70. The number of nitriles is 1. The van der Waals surface area contributed by atoms with E-state index in [0.717, 1.165) is 6.07 Å². The average Bonchev–Trinajstić information content (AvgIpc) is 2.27. The van der Waals surface area contributed by atoms with E-state index in [0.29, 0.717) is 6.07 Å². The summed E-state index contributed by atoms with van der Waals surface area (Å²) in [5.41, 5.74) is -1.83. The van der Waals surface area contributed by atoms with Crippen molar-refractivity contribution in [2.75, 3.05) is 6.61 Å². The van der Waals surface area contributed by atoms with Crippen molar-refractivity contribution in [3.05, 3.63) is 34.6 Å². The molecule has 0 radical (unpaired) electrons. The Morgan fingerprint density at radius 3 is 2.65 bits per heavy atom. The lowest BCUT2D eigenvalue weighted by Gasteiger charge is -2.07. The van der Waals surface area contributed by atoms with Crippen LogP contribution in [0.1, 0.15) is 34.8 Å². The number of ether oxygens (including phenoxy) is 1. The molecule has 0 atom stereocenters. The van der Waals surface area contributed by atoms with E-state index >= 15 is 0 Å². The topological polar surface area (TPSA) is 50.1 Å². The third-order valence-electron chi connectivity index (χ3n) is 1.98. The molecule has 0 fully saturated rings. The van der Waals surface area contributed by atoms with E-state index in [1.54, 1.807) is 6.92 Å². The number of esters is 1. The largest absolute Gasteiger partial charge is 0.462 e. The standard InChI is InChI=1S/C11H8F3NO2/c1-2-17-11(16)6-3-7(5-15)9(10(13)14)8(12)4-6/h3-4,10H,2H2,1H3. The van der Waals surface area contributed by atoms with Crippen molar-refractivity contribution in [2.24, 2.45) is 0 Å². The van der Waals surface area contributed by atoms with Crippen LogP contribution in [0.2, 0.25) is 0 Å². The fourth-order valence-electron chi connectivity index (χ4n) is 1.26. The highest BCUT2D eigenvalue weighted by atomic mass is 19.3.